The first-order valence-corrected chi connectivity index (χ1v) is 5.95. The van der Waals surface area contributed by atoms with Crippen molar-refractivity contribution in [2.24, 2.45) is 0 Å². The highest BCUT2D eigenvalue weighted by atomic mass is 16.5. The van der Waals surface area contributed by atoms with Crippen LogP contribution in [0.3, 0.4) is 0 Å². The van der Waals surface area contributed by atoms with E-state index in [4.69, 9.17) is 9.84 Å². The van der Waals surface area contributed by atoms with E-state index in [-0.39, 0.29) is 12.6 Å². The van der Waals surface area contributed by atoms with Crippen LogP contribution in [-0.2, 0) is 6.42 Å². The van der Waals surface area contributed by atoms with Gasteiger partial charge in [-0.3, -0.25) is 0 Å². The second kappa shape index (κ2) is 5.32. The highest BCUT2D eigenvalue weighted by molar-refractivity contribution is 5.40. The van der Waals surface area contributed by atoms with Gasteiger partial charge in [-0.15, -0.1) is 0 Å². The van der Waals surface area contributed by atoms with Gasteiger partial charge in [0, 0.05) is 19.1 Å². The molecule has 16 heavy (non-hydrogen) atoms. The fourth-order valence-electron chi connectivity index (χ4n) is 2.19. The lowest BCUT2D eigenvalue weighted by Crippen LogP contribution is -2.21. The average molecular weight is 221 g/mol. The molecule has 0 fully saturated rings. The normalized spacial score (nSPS) is 15.6. The van der Waals surface area contributed by atoms with Gasteiger partial charge in [-0.1, -0.05) is 19.1 Å². The van der Waals surface area contributed by atoms with Crippen LogP contribution in [0.15, 0.2) is 18.2 Å². The second-order valence-corrected chi connectivity index (χ2v) is 4.09. The van der Waals surface area contributed by atoms with E-state index in [1.54, 1.807) is 0 Å². The Balaban J connectivity index is 2.17. The molecule has 1 aliphatic rings. The predicted molar refractivity (Wildman–Crippen MR) is 63.8 cm³/mol. The van der Waals surface area contributed by atoms with E-state index in [9.17, 15) is 0 Å². The summed E-state index contributed by atoms with van der Waals surface area (Å²) in [6, 6.07) is 6.58. The maximum Gasteiger partial charge on any atom is 0.122 e. The third-order valence-electron chi connectivity index (χ3n) is 2.98. The Morgan fingerprint density at radius 3 is 3.12 bits per heavy atom. The van der Waals surface area contributed by atoms with E-state index >= 15 is 0 Å². The SMILES string of the molecule is CCNC(CCO)c1ccc2c(c1)CCO2. The Kier molecular flexibility index (Phi) is 3.80. The summed E-state index contributed by atoms with van der Waals surface area (Å²) in [6.07, 6.45) is 1.76. The van der Waals surface area contributed by atoms with Crippen LogP contribution in [0, 0.1) is 0 Å². The zero-order chi connectivity index (χ0) is 11.4. The minimum Gasteiger partial charge on any atom is -0.493 e. The molecule has 1 atom stereocenters. The summed E-state index contributed by atoms with van der Waals surface area (Å²) in [5, 5.41) is 12.4. The molecule has 3 nitrogen and oxygen atoms in total. The number of rotatable bonds is 5. The number of hydrogen-bond acceptors (Lipinski definition) is 3. The van der Waals surface area contributed by atoms with Gasteiger partial charge >= 0.3 is 0 Å². The predicted octanol–water partition coefficient (Wildman–Crippen LogP) is 1.65. The minimum absolute atomic E-state index is 0.214. The van der Waals surface area contributed by atoms with E-state index in [1.807, 2.05) is 6.07 Å². The Labute approximate surface area is 96.4 Å². The summed E-state index contributed by atoms with van der Waals surface area (Å²) in [4.78, 5) is 0. The molecule has 1 heterocycles. The summed E-state index contributed by atoms with van der Waals surface area (Å²) in [6.45, 7) is 4.01. The van der Waals surface area contributed by atoms with Crippen LogP contribution in [-0.4, -0.2) is 24.9 Å². The van der Waals surface area contributed by atoms with Crippen molar-refractivity contribution in [2.75, 3.05) is 19.8 Å². The second-order valence-electron chi connectivity index (χ2n) is 4.09. The molecular weight excluding hydrogens is 202 g/mol. The van der Waals surface area contributed by atoms with Gasteiger partial charge in [-0.25, -0.2) is 0 Å². The number of benzene rings is 1. The molecule has 1 aromatic carbocycles. The average Bonchev–Trinajstić information content (AvgIpc) is 2.75. The summed E-state index contributed by atoms with van der Waals surface area (Å²) < 4.78 is 5.48. The molecule has 1 aromatic rings. The summed E-state index contributed by atoms with van der Waals surface area (Å²) in [5.41, 5.74) is 2.54. The molecule has 88 valence electrons. The lowest BCUT2D eigenvalue weighted by Gasteiger charge is -2.17. The van der Waals surface area contributed by atoms with Crippen LogP contribution in [0.25, 0.3) is 0 Å². The molecule has 0 saturated carbocycles. The Morgan fingerprint density at radius 1 is 1.50 bits per heavy atom. The van der Waals surface area contributed by atoms with Gasteiger partial charge in [0.05, 0.1) is 6.61 Å². The molecule has 0 amide bonds. The van der Waals surface area contributed by atoms with E-state index < -0.39 is 0 Å². The van der Waals surface area contributed by atoms with Crippen molar-refractivity contribution >= 4 is 0 Å². The number of aliphatic hydroxyl groups excluding tert-OH is 1. The molecule has 1 aliphatic heterocycles. The molecule has 0 bridgehead atoms. The number of nitrogens with one attached hydrogen (secondary N) is 1. The van der Waals surface area contributed by atoms with Crippen molar-refractivity contribution < 1.29 is 9.84 Å². The monoisotopic (exact) mass is 221 g/mol. The van der Waals surface area contributed by atoms with Crippen LogP contribution in [0.1, 0.15) is 30.5 Å². The Hall–Kier alpha value is -1.06. The molecule has 0 spiro atoms. The molecule has 0 radical (unpaired) electrons. The van der Waals surface area contributed by atoms with Gasteiger partial charge < -0.3 is 15.2 Å². The maximum atomic E-state index is 9.05. The fraction of sp³-hybridized carbons (Fsp3) is 0.538. The molecule has 2 N–H and O–H groups in total. The summed E-state index contributed by atoms with van der Waals surface area (Å²) in [5.74, 6) is 1.02. The standard InChI is InChI=1S/C13H19NO2/c1-2-14-12(5-7-15)10-3-4-13-11(9-10)6-8-16-13/h3-4,9,12,14-15H,2,5-8H2,1H3. The zero-order valence-electron chi connectivity index (χ0n) is 9.70. The fourth-order valence-corrected chi connectivity index (χ4v) is 2.19. The molecule has 3 heteroatoms. The number of fused-ring (bicyclic) bond motifs is 1. The van der Waals surface area contributed by atoms with Crippen LogP contribution < -0.4 is 10.1 Å². The van der Waals surface area contributed by atoms with Crippen molar-refractivity contribution in [1.29, 1.82) is 0 Å². The molecule has 2 rings (SSSR count). The zero-order valence-corrected chi connectivity index (χ0v) is 9.70. The van der Waals surface area contributed by atoms with E-state index in [0.29, 0.717) is 0 Å². The first kappa shape index (κ1) is 11.4. The smallest absolute Gasteiger partial charge is 0.122 e. The van der Waals surface area contributed by atoms with Crippen LogP contribution in [0.4, 0.5) is 0 Å². The Morgan fingerprint density at radius 2 is 2.38 bits per heavy atom. The minimum atomic E-state index is 0.214. The quantitative estimate of drug-likeness (QED) is 0.794. The van der Waals surface area contributed by atoms with Crippen LogP contribution in [0.5, 0.6) is 5.75 Å². The molecule has 0 saturated heterocycles. The highest BCUT2D eigenvalue weighted by Gasteiger charge is 2.15. The van der Waals surface area contributed by atoms with E-state index in [2.05, 4.69) is 24.4 Å². The maximum absolute atomic E-state index is 9.05. The number of ether oxygens (including phenoxy) is 1. The Bertz CT molecular complexity index is 346. The first-order valence-electron chi connectivity index (χ1n) is 5.95. The van der Waals surface area contributed by atoms with Gasteiger partial charge in [0.1, 0.15) is 5.75 Å². The van der Waals surface area contributed by atoms with Crippen LogP contribution in [0.2, 0.25) is 0 Å². The van der Waals surface area contributed by atoms with Gasteiger partial charge in [-0.05, 0) is 30.2 Å². The van der Waals surface area contributed by atoms with Crippen molar-refractivity contribution in [3.8, 4) is 5.75 Å². The first-order chi connectivity index (χ1) is 7.85. The van der Waals surface area contributed by atoms with Crippen molar-refractivity contribution in [3.05, 3.63) is 29.3 Å². The van der Waals surface area contributed by atoms with Gasteiger partial charge in [-0.2, -0.15) is 0 Å². The van der Waals surface area contributed by atoms with Gasteiger partial charge in [0.15, 0.2) is 0 Å². The lowest BCUT2D eigenvalue weighted by molar-refractivity contribution is 0.266. The summed E-state index contributed by atoms with van der Waals surface area (Å²) >= 11 is 0. The van der Waals surface area contributed by atoms with E-state index in [0.717, 1.165) is 31.7 Å². The van der Waals surface area contributed by atoms with E-state index in [1.165, 1.54) is 11.1 Å². The van der Waals surface area contributed by atoms with Gasteiger partial charge in [0.25, 0.3) is 0 Å². The number of hydrogen-bond donors (Lipinski definition) is 2. The largest absolute Gasteiger partial charge is 0.493 e. The molecule has 1 unspecified atom stereocenters. The topological polar surface area (TPSA) is 41.5 Å². The van der Waals surface area contributed by atoms with Crippen LogP contribution >= 0.6 is 0 Å². The summed E-state index contributed by atoms with van der Waals surface area (Å²) in [7, 11) is 0. The molecule has 0 aliphatic carbocycles. The van der Waals surface area contributed by atoms with Crippen molar-refractivity contribution in [1.82, 2.24) is 5.32 Å². The third kappa shape index (κ3) is 2.36. The molecular formula is C13H19NO2. The third-order valence-corrected chi connectivity index (χ3v) is 2.98. The number of aliphatic hydroxyl groups is 1. The molecule has 0 aromatic heterocycles. The van der Waals surface area contributed by atoms with Crippen molar-refractivity contribution in [3.63, 3.8) is 0 Å². The van der Waals surface area contributed by atoms with Gasteiger partial charge in [0.2, 0.25) is 0 Å². The van der Waals surface area contributed by atoms with Crippen molar-refractivity contribution in [2.45, 2.75) is 25.8 Å². The lowest BCUT2D eigenvalue weighted by atomic mass is 10.0. The highest BCUT2D eigenvalue weighted by Crippen LogP contribution is 2.28.